The normalized spacial score (nSPS) is 11.5. The highest BCUT2D eigenvalue weighted by Gasteiger charge is 2.30. The number of fused-ring (bicyclic) bond motifs is 1. The van der Waals surface area contributed by atoms with Crippen LogP contribution in [-0.4, -0.2) is 47.7 Å². The molecular formula is C24H20Cl2N6O2S2. The Morgan fingerprint density at radius 1 is 1.14 bits per heavy atom. The van der Waals surface area contributed by atoms with Gasteiger partial charge in [0, 0.05) is 17.0 Å². The van der Waals surface area contributed by atoms with Crippen molar-refractivity contribution in [3.05, 3.63) is 64.0 Å². The summed E-state index contributed by atoms with van der Waals surface area (Å²) in [4.78, 5) is 18.0. The van der Waals surface area contributed by atoms with Gasteiger partial charge in [0.25, 0.3) is 0 Å². The Balaban J connectivity index is 1.73. The van der Waals surface area contributed by atoms with Gasteiger partial charge in [0.15, 0.2) is 17.2 Å². The molecule has 1 aromatic carbocycles. The van der Waals surface area contributed by atoms with Crippen molar-refractivity contribution < 1.29 is 9.53 Å². The number of hydrogen-bond acceptors (Lipinski definition) is 8. The lowest BCUT2D eigenvalue weighted by atomic mass is 10.1. The highest BCUT2D eigenvalue weighted by atomic mass is 35.5. The van der Waals surface area contributed by atoms with Crippen molar-refractivity contribution in [2.45, 2.75) is 30.2 Å². The molecule has 0 saturated heterocycles. The molecule has 36 heavy (non-hydrogen) atoms. The topological polar surface area (TPSA) is 87.2 Å². The van der Waals surface area contributed by atoms with Gasteiger partial charge >= 0.3 is 5.97 Å². The number of carbonyl (C=O) groups excluding carboxylic acids is 1. The van der Waals surface area contributed by atoms with Crippen LogP contribution in [0.5, 0.6) is 0 Å². The number of rotatable bonds is 6. The van der Waals surface area contributed by atoms with Crippen molar-refractivity contribution in [2.75, 3.05) is 7.11 Å². The first-order valence-electron chi connectivity index (χ1n) is 10.9. The Kier molecular flexibility index (Phi) is 6.78. The van der Waals surface area contributed by atoms with Gasteiger partial charge in [0.2, 0.25) is 5.13 Å². The second-order valence-corrected chi connectivity index (χ2v) is 11.7. The van der Waals surface area contributed by atoms with Crippen LogP contribution in [0.3, 0.4) is 0 Å². The molecule has 0 radical (unpaired) electrons. The third kappa shape index (κ3) is 4.39. The van der Waals surface area contributed by atoms with Crippen molar-refractivity contribution >= 4 is 57.9 Å². The molecule has 0 aliphatic heterocycles. The number of ether oxygens (including phenoxy) is 1. The quantitative estimate of drug-likeness (QED) is 0.171. The number of thioether (sulfide) groups is 1. The first kappa shape index (κ1) is 24.8. The smallest absolute Gasteiger partial charge is 0.357 e. The van der Waals surface area contributed by atoms with E-state index in [0.29, 0.717) is 43.2 Å². The summed E-state index contributed by atoms with van der Waals surface area (Å²) in [5.74, 6) is -0.0598. The van der Waals surface area contributed by atoms with Gasteiger partial charge in [-0.25, -0.2) is 9.78 Å². The first-order chi connectivity index (χ1) is 17.3. The fourth-order valence-corrected chi connectivity index (χ4v) is 6.51. The zero-order valence-corrected chi connectivity index (χ0v) is 22.8. The lowest BCUT2D eigenvalue weighted by Crippen LogP contribution is -2.12. The molecule has 0 saturated carbocycles. The molecule has 5 rings (SSSR count). The van der Waals surface area contributed by atoms with E-state index in [0.717, 1.165) is 15.5 Å². The van der Waals surface area contributed by atoms with Crippen LogP contribution >= 0.6 is 46.3 Å². The summed E-state index contributed by atoms with van der Waals surface area (Å²) >= 11 is 15.6. The van der Waals surface area contributed by atoms with E-state index in [1.165, 1.54) is 23.1 Å². The van der Waals surface area contributed by atoms with Crippen molar-refractivity contribution in [2.24, 2.45) is 0 Å². The van der Waals surface area contributed by atoms with Crippen LogP contribution in [0.25, 0.3) is 33.4 Å². The summed E-state index contributed by atoms with van der Waals surface area (Å²) in [6, 6.07) is 11.0. The molecule has 5 aromatic rings. The minimum Gasteiger partial charge on any atom is -0.464 e. The Hall–Kier alpha value is -2.92. The molecule has 0 fully saturated rings. The van der Waals surface area contributed by atoms with E-state index in [-0.39, 0.29) is 5.69 Å². The number of benzene rings is 1. The van der Waals surface area contributed by atoms with E-state index >= 15 is 0 Å². The van der Waals surface area contributed by atoms with E-state index in [9.17, 15) is 4.79 Å². The summed E-state index contributed by atoms with van der Waals surface area (Å²) < 4.78 is 9.46. The van der Waals surface area contributed by atoms with E-state index in [1.54, 1.807) is 23.9 Å². The fraction of sp³-hybridized carbons (Fsp3) is 0.208. The minimum atomic E-state index is -0.553. The molecule has 0 N–H and O–H groups in total. The molecule has 12 heteroatoms. The van der Waals surface area contributed by atoms with Gasteiger partial charge in [0.1, 0.15) is 0 Å². The maximum absolute atomic E-state index is 13.1. The highest BCUT2D eigenvalue weighted by molar-refractivity contribution is 8.01. The van der Waals surface area contributed by atoms with Crippen LogP contribution in [0, 0.1) is 6.92 Å². The number of carbonyl (C=O) groups is 1. The van der Waals surface area contributed by atoms with Gasteiger partial charge in [-0.1, -0.05) is 60.5 Å². The van der Waals surface area contributed by atoms with E-state index in [4.69, 9.17) is 38.0 Å². The molecule has 184 valence electrons. The van der Waals surface area contributed by atoms with Gasteiger partial charge in [0.05, 0.1) is 38.3 Å². The molecule has 0 spiro atoms. The Morgan fingerprint density at radius 3 is 2.67 bits per heavy atom. The van der Waals surface area contributed by atoms with Crippen LogP contribution in [-0.2, 0) is 4.74 Å². The predicted octanol–water partition coefficient (Wildman–Crippen LogP) is 6.61. The zero-order valence-electron chi connectivity index (χ0n) is 19.7. The number of esters is 1. The van der Waals surface area contributed by atoms with Crippen molar-refractivity contribution in [3.63, 3.8) is 0 Å². The van der Waals surface area contributed by atoms with E-state index < -0.39 is 5.97 Å². The Bertz CT molecular complexity index is 1610. The first-order valence-corrected chi connectivity index (χ1v) is 13.3. The molecule has 4 heterocycles. The fourth-order valence-electron chi connectivity index (χ4n) is 3.74. The average molecular weight is 560 g/mol. The van der Waals surface area contributed by atoms with Gasteiger partial charge in [-0.15, -0.1) is 22.0 Å². The predicted molar refractivity (Wildman–Crippen MR) is 144 cm³/mol. The Labute approximate surface area is 225 Å². The van der Waals surface area contributed by atoms with Gasteiger partial charge < -0.3 is 4.74 Å². The summed E-state index contributed by atoms with van der Waals surface area (Å²) in [7, 11) is 1.34. The number of methoxy groups -OCH3 is 1. The standard InChI is InChI=1S/C24H20Cl2N6O2S2/c1-12(2)35-23-19(14-8-9-15(25)16(26)11-14)27-24(36-23)32-20(22(33)34-4)18(13(3)30-32)21-29-28-17-7-5-6-10-31(17)21/h5-12H,1-4H3. The van der Waals surface area contributed by atoms with E-state index in [2.05, 4.69) is 24.0 Å². The third-order valence-electron chi connectivity index (χ3n) is 5.28. The number of aryl methyl sites for hydroxylation is 1. The minimum absolute atomic E-state index is 0.226. The van der Waals surface area contributed by atoms with Crippen LogP contribution in [0.4, 0.5) is 0 Å². The molecule has 0 amide bonds. The molecule has 0 aliphatic carbocycles. The summed E-state index contributed by atoms with van der Waals surface area (Å²) in [5, 5.41) is 15.0. The number of hydrogen-bond donors (Lipinski definition) is 0. The van der Waals surface area contributed by atoms with Gasteiger partial charge in [-0.2, -0.15) is 9.78 Å². The summed E-state index contributed by atoms with van der Waals surface area (Å²) in [6.07, 6.45) is 1.84. The van der Waals surface area contributed by atoms with Crippen molar-refractivity contribution in [1.29, 1.82) is 0 Å². The summed E-state index contributed by atoms with van der Waals surface area (Å²) in [6.45, 7) is 6.03. The maximum Gasteiger partial charge on any atom is 0.357 e. The average Bonchev–Trinajstić information content (AvgIpc) is 3.55. The zero-order chi connectivity index (χ0) is 25.6. The molecular weight excluding hydrogens is 539 g/mol. The molecule has 0 aliphatic rings. The number of halogens is 2. The maximum atomic E-state index is 13.1. The summed E-state index contributed by atoms with van der Waals surface area (Å²) in [5.41, 5.74) is 3.57. The largest absolute Gasteiger partial charge is 0.464 e. The molecule has 0 bridgehead atoms. The SMILES string of the molecule is COC(=O)c1c(-c2nnc3ccccn23)c(C)nn1-c1nc(-c2ccc(Cl)c(Cl)c2)c(SC(C)C)s1. The Morgan fingerprint density at radius 2 is 1.94 bits per heavy atom. The third-order valence-corrected chi connectivity index (χ3v) is 8.26. The van der Waals surface area contributed by atoms with Gasteiger partial charge in [-0.05, 0) is 31.2 Å². The lowest BCUT2D eigenvalue weighted by molar-refractivity contribution is 0.0591. The number of nitrogens with zero attached hydrogens (tertiary/aromatic N) is 6. The van der Waals surface area contributed by atoms with E-state index in [1.807, 2.05) is 41.8 Å². The number of pyridine rings is 1. The van der Waals surface area contributed by atoms with Crippen molar-refractivity contribution in [3.8, 4) is 27.8 Å². The van der Waals surface area contributed by atoms with Crippen LogP contribution < -0.4 is 0 Å². The lowest BCUT2D eigenvalue weighted by Gasteiger charge is -2.05. The monoisotopic (exact) mass is 558 g/mol. The van der Waals surface area contributed by atoms with Crippen LogP contribution in [0.2, 0.25) is 10.0 Å². The van der Waals surface area contributed by atoms with Crippen LogP contribution in [0.1, 0.15) is 30.0 Å². The molecule has 0 unspecified atom stereocenters. The number of aromatic nitrogens is 6. The van der Waals surface area contributed by atoms with Crippen molar-refractivity contribution in [1.82, 2.24) is 29.4 Å². The van der Waals surface area contributed by atoms with Gasteiger partial charge in [-0.3, -0.25) is 4.40 Å². The molecule has 0 atom stereocenters. The second-order valence-electron chi connectivity index (χ2n) is 8.09. The highest BCUT2D eigenvalue weighted by Crippen LogP contribution is 2.42. The number of thiazole rings is 1. The second kappa shape index (κ2) is 9.85. The molecule has 8 nitrogen and oxygen atoms in total. The van der Waals surface area contributed by atoms with Crippen LogP contribution in [0.15, 0.2) is 46.8 Å². The molecule has 4 aromatic heterocycles.